The largest absolute Gasteiger partial charge is 0.493 e. The minimum atomic E-state index is -2.98. The molecule has 30 heavy (non-hydrogen) atoms. The number of carbonyl (C=O) groups is 2. The van der Waals surface area contributed by atoms with E-state index < -0.39 is 6.61 Å². The molecular formula is C21H24F2N2O4S. The standard InChI is InChI=1S/C21H24F2N2O4S/c1-14-4-7-16(8-5-14)24-19(26)12-30-13-20(27)25(2)11-15-6-9-17(28-3)18(10-15)29-21(22)23/h4-10,21H,11-13H2,1-3H3,(H,24,26). The van der Waals surface area contributed by atoms with E-state index in [1.54, 1.807) is 13.1 Å². The fraction of sp³-hybridized carbons (Fsp3) is 0.333. The SMILES string of the molecule is COc1ccc(CN(C)C(=O)CSCC(=O)Nc2ccc(C)cc2)cc1OC(F)F. The second kappa shape index (κ2) is 11.4. The summed E-state index contributed by atoms with van der Waals surface area (Å²) >= 11 is 1.20. The Labute approximate surface area is 178 Å². The molecule has 2 aromatic carbocycles. The Morgan fingerprint density at radius 3 is 2.43 bits per heavy atom. The third-order valence-electron chi connectivity index (χ3n) is 4.08. The smallest absolute Gasteiger partial charge is 0.387 e. The number of anilines is 1. The molecule has 0 saturated heterocycles. The summed E-state index contributed by atoms with van der Waals surface area (Å²) < 4.78 is 34.5. The molecule has 0 radical (unpaired) electrons. The molecule has 0 aliphatic carbocycles. The Kier molecular flexibility index (Phi) is 8.91. The van der Waals surface area contributed by atoms with Gasteiger partial charge in [0.25, 0.3) is 0 Å². The minimum Gasteiger partial charge on any atom is -0.493 e. The van der Waals surface area contributed by atoms with Gasteiger partial charge in [0, 0.05) is 19.3 Å². The van der Waals surface area contributed by atoms with Crippen molar-refractivity contribution in [1.82, 2.24) is 4.90 Å². The molecular weight excluding hydrogens is 414 g/mol. The van der Waals surface area contributed by atoms with Gasteiger partial charge >= 0.3 is 6.61 Å². The van der Waals surface area contributed by atoms with Gasteiger partial charge in [0.15, 0.2) is 11.5 Å². The van der Waals surface area contributed by atoms with Crippen molar-refractivity contribution < 1.29 is 27.8 Å². The van der Waals surface area contributed by atoms with E-state index in [0.717, 1.165) is 5.56 Å². The molecule has 0 fully saturated rings. The van der Waals surface area contributed by atoms with Gasteiger partial charge in [-0.1, -0.05) is 23.8 Å². The van der Waals surface area contributed by atoms with Crippen LogP contribution in [0.2, 0.25) is 0 Å². The average Bonchev–Trinajstić information content (AvgIpc) is 2.69. The van der Waals surface area contributed by atoms with Crippen molar-refractivity contribution in [2.75, 3.05) is 31.0 Å². The number of rotatable bonds is 10. The third kappa shape index (κ3) is 7.55. The number of hydrogen-bond acceptors (Lipinski definition) is 5. The maximum Gasteiger partial charge on any atom is 0.387 e. The zero-order valence-electron chi connectivity index (χ0n) is 17.0. The summed E-state index contributed by atoms with van der Waals surface area (Å²) in [6.07, 6.45) is 0. The molecule has 2 rings (SSSR count). The Balaban J connectivity index is 1.81. The summed E-state index contributed by atoms with van der Waals surface area (Å²) in [5, 5.41) is 2.77. The summed E-state index contributed by atoms with van der Waals surface area (Å²) in [4.78, 5) is 25.7. The number of amides is 2. The molecule has 162 valence electrons. The van der Waals surface area contributed by atoms with Gasteiger partial charge in [-0.25, -0.2) is 0 Å². The van der Waals surface area contributed by atoms with Crippen LogP contribution in [-0.4, -0.2) is 49.0 Å². The van der Waals surface area contributed by atoms with Crippen LogP contribution in [0.3, 0.4) is 0 Å². The molecule has 0 saturated carbocycles. The van der Waals surface area contributed by atoms with Crippen LogP contribution in [0.5, 0.6) is 11.5 Å². The fourth-order valence-corrected chi connectivity index (χ4v) is 3.30. The fourth-order valence-electron chi connectivity index (χ4n) is 2.54. The molecule has 0 bridgehead atoms. The molecule has 0 atom stereocenters. The lowest BCUT2D eigenvalue weighted by atomic mass is 10.2. The number of halogens is 2. The highest BCUT2D eigenvalue weighted by Crippen LogP contribution is 2.29. The van der Waals surface area contributed by atoms with Crippen molar-refractivity contribution in [3.63, 3.8) is 0 Å². The Bertz CT molecular complexity index is 863. The van der Waals surface area contributed by atoms with Gasteiger partial charge < -0.3 is 19.7 Å². The first kappa shape index (κ1) is 23.5. The van der Waals surface area contributed by atoms with Crippen LogP contribution in [0.15, 0.2) is 42.5 Å². The molecule has 1 N–H and O–H groups in total. The maximum absolute atomic E-state index is 12.5. The zero-order valence-corrected chi connectivity index (χ0v) is 17.8. The van der Waals surface area contributed by atoms with E-state index in [9.17, 15) is 18.4 Å². The Morgan fingerprint density at radius 1 is 1.10 bits per heavy atom. The quantitative estimate of drug-likeness (QED) is 0.609. The Morgan fingerprint density at radius 2 is 1.80 bits per heavy atom. The number of nitrogens with one attached hydrogen (secondary N) is 1. The summed E-state index contributed by atoms with van der Waals surface area (Å²) in [5.74, 6) is -0.0220. The first-order valence-corrected chi connectivity index (χ1v) is 10.2. The molecule has 6 nitrogen and oxygen atoms in total. The predicted octanol–water partition coefficient (Wildman–Crippen LogP) is 3.94. The first-order chi connectivity index (χ1) is 14.3. The monoisotopic (exact) mass is 438 g/mol. The van der Waals surface area contributed by atoms with Gasteiger partial charge in [-0.2, -0.15) is 8.78 Å². The molecule has 2 amide bonds. The summed E-state index contributed by atoms with van der Waals surface area (Å²) in [6.45, 7) is -0.809. The predicted molar refractivity (Wildman–Crippen MR) is 113 cm³/mol. The number of hydrogen-bond donors (Lipinski definition) is 1. The average molecular weight is 438 g/mol. The highest BCUT2D eigenvalue weighted by Gasteiger charge is 2.15. The van der Waals surface area contributed by atoms with Gasteiger partial charge in [-0.05, 0) is 36.8 Å². The van der Waals surface area contributed by atoms with E-state index in [1.165, 1.54) is 35.9 Å². The lowest BCUT2D eigenvalue weighted by Crippen LogP contribution is -2.28. The molecule has 2 aromatic rings. The van der Waals surface area contributed by atoms with Crippen LogP contribution in [0, 0.1) is 6.92 Å². The van der Waals surface area contributed by atoms with Crippen molar-refractivity contribution in [2.45, 2.75) is 20.1 Å². The van der Waals surface area contributed by atoms with Crippen LogP contribution in [0.4, 0.5) is 14.5 Å². The molecule has 0 heterocycles. The van der Waals surface area contributed by atoms with Crippen LogP contribution in [-0.2, 0) is 16.1 Å². The number of carbonyl (C=O) groups excluding carboxylic acids is 2. The highest BCUT2D eigenvalue weighted by molar-refractivity contribution is 8.00. The molecule has 0 aliphatic rings. The molecule has 0 spiro atoms. The number of ether oxygens (including phenoxy) is 2. The van der Waals surface area contributed by atoms with Gasteiger partial charge in [-0.3, -0.25) is 9.59 Å². The molecule has 0 unspecified atom stereocenters. The van der Waals surface area contributed by atoms with E-state index in [-0.39, 0.29) is 41.4 Å². The van der Waals surface area contributed by atoms with Crippen molar-refractivity contribution in [3.05, 3.63) is 53.6 Å². The molecule has 9 heteroatoms. The topological polar surface area (TPSA) is 67.9 Å². The van der Waals surface area contributed by atoms with E-state index in [2.05, 4.69) is 10.1 Å². The van der Waals surface area contributed by atoms with Crippen LogP contribution in [0.1, 0.15) is 11.1 Å². The van der Waals surface area contributed by atoms with Gasteiger partial charge in [0.2, 0.25) is 11.8 Å². The Hall–Kier alpha value is -2.81. The summed E-state index contributed by atoms with van der Waals surface area (Å²) in [7, 11) is 2.96. The van der Waals surface area contributed by atoms with Gasteiger partial charge in [0.05, 0.1) is 18.6 Å². The summed E-state index contributed by atoms with van der Waals surface area (Å²) in [6, 6.07) is 12.0. The second-order valence-corrected chi connectivity index (χ2v) is 7.51. The number of aryl methyl sites for hydroxylation is 1. The van der Waals surface area contributed by atoms with Crippen molar-refractivity contribution in [2.24, 2.45) is 0 Å². The number of thioether (sulfide) groups is 1. The van der Waals surface area contributed by atoms with Crippen LogP contribution in [0.25, 0.3) is 0 Å². The lowest BCUT2D eigenvalue weighted by molar-refractivity contribution is -0.127. The van der Waals surface area contributed by atoms with Crippen molar-refractivity contribution in [1.29, 1.82) is 0 Å². The van der Waals surface area contributed by atoms with Gasteiger partial charge in [-0.15, -0.1) is 11.8 Å². The minimum absolute atomic E-state index is 0.0898. The van der Waals surface area contributed by atoms with Crippen molar-refractivity contribution >= 4 is 29.3 Å². The third-order valence-corrected chi connectivity index (χ3v) is 5.00. The number of methoxy groups -OCH3 is 1. The lowest BCUT2D eigenvalue weighted by Gasteiger charge is -2.18. The van der Waals surface area contributed by atoms with Crippen molar-refractivity contribution in [3.8, 4) is 11.5 Å². The summed E-state index contributed by atoms with van der Waals surface area (Å²) in [5.41, 5.74) is 2.42. The van der Waals surface area contributed by atoms with E-state index in [4.69, 9.17) is 4.74 Å². The van der Waals surface area contributed by atoms with Crippen LogP contribution >= 0.6 is 11.8 Å². The normalized spacial score (nSPS) is 10.6. The first-order valence-electron chi connectivity index (χ1n) is 9.08. The van der Waals surface area contributed by atoms with E-state index >= 15 is 0 Å². The molecule has 0 aromatic heterocycles. The van der Waals surface area contributed by atoms with E-state index in [0.29, 0.717) is 11.3 Å². The van der Waals surface area contributed by atoms with Crippen LogP contribution < -0.4 is 14.8 Å². The maximum atomic E-state index is 12.5. The highest BCUT2D eigenvalue weighted by atomic mass is 32.2. The second-order valence-electron chi connectivity index (χ2n) is 6.52. The molecule has 0 aliphatic heterocycles. The van der Waals surface area contributed by atoms with E-state index in [1.807, 2.05) is 31.2 Å². The number of alkyl halides is 2. The number of nitrogens with zero attached hydrogens (tertiary/aromatic N) is 1. The number of benzene rings is 2. The zero-order chi connectivity index (χ0) is 22.1. The van der Waals surface area contributed by atoms with Gasteiger partial charge in [0.1, 0.15) is 0 Å².